The van der Waals surface area contributed by atoms with Crippen molar-refractivity contribution >= 4 is 5.78 Å². The number of carbonyl (C=O) groups excluding carboxylic acids is 1. The van der Waals surface area contributed by atoms with Crippen LogP contribution in [-0.2, 0) is 0 Å². The van der Waals surface area contributed by atoms with Gasteiger partial charge in [0, 0.05) is 12.0 Å². The number of aromatic nitrogens is 2. The van der Waals surface area contributed by atoms with Crippen molar-refractivity contribution in [3.8, 4) is 5.88 Å². The summed E-state index contributed by atoms with van der Waals surface area (Å²) in [6, 6.07) is 3.39. The van der Waals surface area contributed by atoms with E-state index in [0.717, 1.165) is 19.3 Å². The lowest BCUT2D eigenvalue weighted by Gasteiger charge is -2.25. The van der Waals surface area contributed by atoms with Crippen molar-refractivity contribution in [2.24, 2.45) is 11.8 Å². The molecule has 0 N–H and O–H groups in total. The predicted octanol–water partition coefficient (Wildman–Crippen LogP) is 2.49. The molecule has 0 aliphatic heterocycles. The SMILES string of the molecule is COc1ccc(C(=O)C2CCCC(C)C2)nn1. The molecule has 2 unspecified atom stereocenters. The van der Waals surface area contributed by atoms with E-state index in [2.05, 4.69) is 17.1 Å². The summed E-state index contributed by atoms with van der Waals surface area (Å²) < 4.78 is 4.93. The highest BCUT2D eigenvalue weighted by Crippen LogP contribution is 2.30. The van der Waals surface area contributed by atoms with Crippen molar-refractivity contribution in [1.82, 2.24) is 10.2 Å². The first-order chi connectivity index (χ1) is 8.20. The summed E-state index contributed by atoms with van der Waals surface area (Å²) in [7, 11) is 1.54. The van der Waals surface area contributed by atoms with E-state index >= 15 is 0 Å². The molecule has 0 radical (unpaired) electrons. The summed E-state index contributed by atoms with van der Waals surface area (Å²) in [6.45, 7) is 2.21. The van der Waals surface area contributed by atoms with Gasteiger partial charge in [0.15, 0.2) is 5.78 Å². The number of hydrogen-bond donors (Lipinski definition) is 0. The second-order valence-corrected chi connectivity index (χ2v) is 4.79. The molecule has 1 aromatic heterocycles. The zero-order valence-electron chi connectivity index (χ0n) is 10.3. The summed E-state index contributed by atoms with van der Waals surface area (Å²) in [5, 5.41) is 7.76. The van der Waals surface area contributed by atoms with Gasteiger partial charge in [-0.2, -0.15) is 0 Å². The Morgan fingerprint density at radius 3 is 2.76 bits per heavy atom. The maximum Gasteiger partial charge on any atom is 0.233 e. The molecule has 0 saturated heterocycles. The number of Topliss-reactive ketones (excluding diaryl/α,β-unsaturated/α-hetero) is 1. The predicted molar refractivity (Wildman–Crippen MR) is 64.0 cm³/mol. The van der Waals surface area contributed by atoms with E-state index in [0.29, 0.717) is 17.5 Å². The van der Waals surface area contributed by atoms with Crippen molar-refractivity contribution in [1.29, 1.82) is 0 Å². The maximum atomic E-state index is 12.2. The van der Waals surface area contributed by atoms with Crippen LogP contribution >= 0.6 is 0 Å². The van der Waals surface area contributed by atoms with E-state index in [1.54, 1.807) is 12.1 Å². The molecule has 1 aliphatic carbocycles. The van der Waals surface area contributed by atoms with Crippen LogP contribution in [-0.4, -0.2) is 23.1 Å². The number of methoxy groups -OCH3 is 1. The van der Waals surface area contributed by atoms with E-state index in [1.807, 2.05) is 0 Å². The Balaban J connectivity index is 2.07. The molecule has 92 valence electrons. The van der Waals surface area contributed by atoms with Crippen LogP contribution in [0.3, 0.4) is 0 Å². The molecule has 0 spiro atoms. The van der Waals surface area contributed by atoms with Crippen molar-refractivity contribution in [2.75, 3.05) is 7.11 Å². The molecule has 4 heteroatoms. The van der Waals surface area contributed by atoms with Crippen molar-refractivity contribution in [3.05, 3.63) is 17.8 Å². The minimum Gasteiger partial charge on any atom is -0.480 e. The number of carbonyl (C=O) groups is 1. The van der Waals surface area contributed by atoms with Gasteiger partial charge in [-0.1, -0.05) is 19.8 Å². The van der Waals surface area contributed by atoms with E-state index in [4.69, 9.17) is 4.74 Å². The van der Waals surface area contributed by atoms with Gasteiger partial charge >= 0.3 is 0 Å². The van der Waals surface area contributed by atoms with Crippen LogP contribution in [0, 0.1) is 11.8 Å². The second-order valence-electron chi connectivity index (χ2n) is 4.79. The Hall–Kier alpha value is -1.45. The number of rotatable bonds is 3. The average Bonchev–Trinajstić information content (AvgIpc) is 2.38. The second kappa shape index (κ2) is 5.25. The monoisotopic (exact) mass is 234 g/mol. The van der Waals surface area contributed by atoms with Crippen LogP contribution in [0.2, 0.25) is 0 Å². The fraction of sp³-hybridized carbons (Fsp3) is 0.615. The van der Waals surface area contributed by atoms with Crippen LogP contribution in [0.4, 0.5) is 0 Å². The lowest BCUT2D eigenvalue weighted by atomic mass is 9.79. The molecule has 1 fully saturated rings. The van der Waals surface area contributed by atoms with E-state index in [9.17, 15) is 4.79 Å². The van der Waals surface area contributed by atoms with Gasteiger partial charge in [0.1, 0.15) is 5.69 Å². The van der Waals surface area contributed by atoms with Crippen molar-refractivity contribution in [2.45, 2.75) is 32.6 Å². The van der Waals surface area contributed by atoms with Gasteiger partial charge < -0.3 is 4.74 Å². The maximum absolute atomic E-state index is 12.2. The van der Waals surface area contributed by atoms with E-state index < -0.39 is 0 Å². The highest BCUT2D eigenvalue weighted by Gasteiger charge is 2.26. The molecule has 0 bridgehead atoms. The topological polar surface area (TPSA) is 52.1 Å². The first-order valence-corrected chi connectivity index (χ1v) is 6.12. The summed E-state index contributed by atoms with van der Waals surface area (Å²) in [5.74, 6) is 1.34. The fourth-order valence-electron chi connectivity index (χ4n) is 2.44. The molecule has 1 aliphatic rings. The molecule has 1 saturated carbocycles. The Labute approximate surface area is 101 Å². The van der Waals surface area contributed by atoms with Gasteiger partial charge in [-0.3, -0.25) is 4.79 Å². The van der Waals surface area contributed by atoms with Crippen LogP contribution < -0.4 is 4.74 Å². The first kappa shape index (κ1) is 12.0. The van der Waals surface area contributed by atoms with Gasteiger partial charge in [0.25, 0.3) is 0 Å². The standard InChI is InChI=1S/C13H18N2O2/c1-9-4-3-5-10(8-9)13(16)11-6-7-12(17-2)15-14-11/h6-7,9-10H,3-5,8H2,1-2H3. The summed E-state index contributed by atoms with van der Waals surface area (Å²) in [5.41, 5.74) is 0.463. The lowest BCUT2D eigenvalue weighted by molar-refractivity contribution is 0.0862. The van der Waals surface area contributed by atoms with Gasteiger partial charge in [-0.05, 0) is 24.8 Å². The molecule has 1 aromatic rings. The largest absolute Gasteiger partial charge is 0.480 e. The Kier molecular flexibility index (Phi) is 3.71. The third-order valence-corrected chi connectivity index (χ3v) is 3.41. The smallest absolute Gasteiger partial charge is 0.233 e. The quantitative estimate of drug-likeness (QED) is 0.754. The minimum atomic E-state index is 0.126. The zero-order valence-corrected chi connectivity index (χ0v) is 10.3. The molecule has 17 heavy (non-hydrogen) atoms. The molecular formula is C13H18N2O2. The van der Waals surface area contributed by atoms with Crippen LogP contribution in [0.1, 0.15) is 43.1 Å². The highest BCUT2D eigenvalue weighted by molar-refractivity contribution is 5.96. The van der Waals surface area contributed by atoms with Gasteiger partial charge in [0.05, 0.1) is 7.11 Å². The third-order valence-electron chi connectivity index (χ3n) is 3.41. The van der Waals surface area contributed by atoms with E-state index in [1.165, 1.54) is 13.5 Å². The number of ketones is 1. The minimum absolute atomic E-state index is 0.126. The molecule has 1 heterocycles. The lowest BCUT2D eigenvalue weighted by Crippen LogP contribution is -2.22. The Morgan fingerprint density at radius 2 is 2.18 bits per heavy atom. The summed E-state index contributed by atoms with van der Waals surface area (Å²) in [6.07, 6.45) is 4.34. The zero-order chi connectivity index (χ0) is 12.3. The Bertz CT molecular complexity index is 389. The number of ether oxygens (including phenoxy) is 1. The molecule has 0 amide bonds. The third kappa shape index (κ3) is 2.81. The van der Waals surface area contributed by atoms with Crippen molar-refractivity contribution < 1.29 is 9.53 Å². The van der Waals surface area contributed by atoms with Crippen LogP contribution in [0.5, 0.6) is 5.88 Å². The number of nitrogens with zero attached hydrogens (tertiary/aromatic N) is 2. The van der Waals surface area contributed by atoms with Crippen LogP contribution in [0.15, 0.2) is 12.1 Å². The molecule has 2 rings (SSSR count). The normalized spacial score (nSPS) is 24.4. The van der Waals surface area contributed by atoms with Gasteiger partial charge in [-0.25, -0.2) is 0 Å². The Morgan fingerprint density at radius 1 is 1.35 bits per heavy atom. The van der Waals surface area contributed by atoms with Gasteiger partial charge in [0.2, 0.25) is 5.88 Å². The first-order valence-electron chi connectivity index (χ1n) is 6.12. The molecular weight excluding hydrogens is 216 g/mol. The van der Waals surface area contributed by atoms with Crippen LogP contribution in [0.25, 0.3) is 0 Å². The highest BCUT2D eigenvalue weighted by atomic mass is 16.5. The van der Waals surface area contributed by atoms with Crippen molar-refractivity contribution in [3.63, 3.8) is 0 Å². The summed E-state index contributed by atoms with van der Waals surface area (Å²) >= 11 is 0. The molecule has 4 nitrogen and oxygen atoms in total. The number of hydrogen-bond acceptors (Lipinski definition) is 4. The summed E-state index contributed by atoms with van der Waals surface area (Å²) in [4.78, 5) is 12.2. The van der Waals surface area contributed by atoms with Gasteiger partial charge in [-0.15, -0.1) is 10.2 Å². The molecule has 0 aromatic carbocycles. The fourth-order valence-corrected chi connectivity index (χ4v) is 2.44. The molecule has 2 atom stereocenters. The average molecular weight is 234 g/mol. The van der Waals surface area contributed by atoms with E-state index in [-0.39, 0.29) is 11.7 Å².